The van der Waals surface area contributed by atoms with Crippen LogP contribution in [0.3, 0.4) is 0 Å². The molecule has 3 N–H and O–H groups in total. The Bertz CT molecular complexity index is 761. The van der Waals surface area contributed by atoms with E-state index in [4.69, 9.17) is 0 Å². The molecule has 1 aliphatic heterocycles. The molecule has 1 saturated heterocycles. The van der Waals surface area contributed by atoms with Gasteiger partial charge in [-0.1, -0.05) is 51.0 Å². The van der Waals surface area contributed by atoms with Crippen molar-refractivity contribution in [3.05, 3.63) is 35.4 Å². The summed E-state index contributed by atoms with van der Waals surface area (Å²) in [5, 5.41) is 6.86. The lowest BCUT2D eigenvalue weighted by Gasteiger charge is -2.34. The molecule has 1 aromatic rings. The lowest BCUT2D eigenvalue weighted by atomic mass is 10.0. The highest BCUT2D eigenvalue weighted by Crippen LogP contribution is 2.17. The van der Waals surface area contributed by atoms with Gasteiger partial charge in [0.2, 0.25) is 10.0 Å². The van der Waals surface area contributed by atoms with Crippen LogP contribution in [0.15, 0.2) is 29.3 Å². The Kier molecular flexibility index (Phi) is 13.0. The number of hydrogen-bond acceptors (Lipinski definition) is 4. The second kappa shape index (κ2) is 14.3. The Hall–Kier alpha value is -0.910. The Morgan fingerprint density at radius 3 is 2.13 bits per heavy atom. The van der Waals surface area contributed by atoms with E-state index in [1.54, 1.807) is 7.05 Å². The summed E-state index contributed by atoms with van der Waals surface area (Å²) in [6, 6.07) is 8.12. The molecule has 2 rings (SSSR count). The molecule has 178 valence electrons. The van der Waals surface area contributed by atoms with Gasteiger partial charge in [-0.05, 0) is 50.0 Å². The van der Waals surface area contributed by atoms with Crippen molar-refractivity contribution in [1.82, 2.24) is 20.3 Å². The number of benzene rings is 1. The van der Waals surface area contributed by atoms with Crippen LogP contribution in [0.5, 0.6) is 0 Å². The number of guanidine groups is 1. The van der Waals surface area contributed by atoms with Gasteiger partial charge in [0, 0.05) is 26.2 Å². The van der Waals surface area contributed by atoms with Crippen LogP contribution < -0.4 is 15.4 Å². The van der Waals surface area contributed by atoms with Crippen LogP contribution >= 0.6 is 24.0 Å². The Labute approximate surface area is 205 Å². The molecule has 1 aliphatic rings. The third-order valence-electron chi connectivity index (χ3n) is 5.73. The summed E-state index contributed by atoms with van der Waals surface area (Å²) in [5.41, 5.74) is 1.85. The maximum atomic E-state index is 11.7. The summed E-state index contributed by atoms with van der Waals surface area (Å²) in [7, 11) is -0.0257. The molecule has 0 spiro atoms. The summed E-state index contributed by atoms with van der Waals surface area (Å²) in [4.78, 5) is 7.00. The van der Waals surface area contributed by atoms with Crippen molar-refractivity contribution >= 4 is 40.0 Å². The fourth-order valence-corrected chi connectivity index (χ4v) is 4.64. The second-order valence-corrected chi connectivity index (χ2v) is 10.3. The molecule has 1 heterocycles. The fourth-order valence-electron chi connectivity index (χ4n) is 3.87. The number of nitrogens with zero attached hydrogens (tertiary/aromatic N) is 2. The maximum absolute atomic E-state index is 11.7. The van der Waals surface area contributed by atoms with E-state index in [0.29, 0.717) is 18.5 Å². The minimum Gasteiger partial charge on any atom is -0.355 e. The van der Waals surface area contributed by atoms with Crippen LogP contribution in [-0.4, -0.2) is 59.0 Å². The molecule has 31 heavy (non-hydrogen) atoms. The maximum Gasteiger partial charge on any atom is 0.215 e. The zero-order valence-electron chi connectivity index (χ0n) is 19.4. The number of hydrogen-bond donors (Lipinski definition) is 3. The van der Waals surface area contributed by atoms with Crippen molar-refractivity contribution in [2.45, 2.75) is 57.9 Å². The van der Waals surface area contributed by atoms with E-state index in [1.165, 1.54) is 45.8 Å². The highest BCUT2D eigenvalue weighted by atomic mass is 127. The van der Waals surface area contributed by atoms with Crippen molar-refractivity contribution in [3.8, 4) is 0 Å². The first-order chi connectivity index (χ1) is 14.3. The highest BCUT2D eigenvalue weighted by Gasteiger charge is 2.22. The number of halogens is 1. The van der Waals surface area contributed by atoms with Gasteiger partial charge in [0.05, 0.1) is 5.75 Å². The molecule has 0 radical (unpaired) electrons. The molecule has 1 unspecified atom stereocenters. The standard InChI is InChI=1S/C22H39N5O2S.HI/c1-18(2)21(27-13-7-5-6-8-14-27)16-26-22(23-3)25-15-19-9-11-20(12-10-19)17-30(28,29)24-4;/h9-12,18,21,24H,5-8,13-17H2,1-4H3,(H2,23,25,26);1H. The summed E-state index contributed by atoms with van der Waals surface area (Å²) in [6.45, 7) is 8.47. The molecule has 1 atom stereocenters. The minimum atomic E-state index is -3.25. The van der Waals surface area contributed by atoms with E-state index in [2.05, 4.69) is 39.1 Å². The molecule has 7 nitrogen and oxygen atoms in total. The molecule has 0 aliphatic carbocycles. The van der Waals surface area contributed by atoms with Gasteiger partial charge < -0.3 is 10.6 Å². The van der Waals surface area contributed by atoms with E-state index in [-0.39, 0.29) is 29.7 Å². The Morgan fingerprint density at radius 2 is 1.61 bits per heavy atom. The van der Waals surface area contributed by atoms with E-state index >= 15 is 0 Å². The van der Waals surface area contributed by atoms with Crippen LogP contribution in [0.4, 0.5) is 0 Å². The molecule has 0 amide bonds. The average Bonchev–Trinajstić information content (AvgIpc) is 3.00. The van der Waals surface area contributed by atoms with Crippen molar-refractivity contribution in [2.75, 3.05) is 33.7 Å². The van der Waals surface area contributed by atoms with Crippen molar-refractivity contribution in [1.29, 1.82) is 0 Å². The van der Waals surface area contributed by atoms with Crippen LogP contribution in [0.1, 0.15) is 50.7 Å². The molecule has 9 heteroatoms. The molecule has 1 fully saturated rings. The van der Waals surface area contributed by atoms with Gasteiger partial charge in [-0.3, -0.25) is 9.89 Å². The largest absolute Gasteiger partial charge is 0.355 e. The average molecular weight is 566 g/mol. The van der Waals surface area contributed by atoms with E-state index < -0.39 is 10.0 Å². The van der Waals surface area contributed by atoms with E-state index in [9.17, 15) is 8.42 Å². The first kappa shape index (κ1) is 28.1. The van der Waals surface area contributed by atoms with Crippen molar-refractivity contribution in [2.24, 2.45) is 10.9 Å². The lowest BCUT2D eigenvalue weighted by molar-refractivity contribution is 0.161. The molecular weight excluding hydrogens is 525 g/mol. The number of rotatable bonds is 9. The van der Waals surface area contributed by atoms with Gasteiger partial charge in [-0.15, -0.1) is 24.0 Å². The van der Waals surface area contributed by atoms with Crippen LogP contribution in [0.25, 0.3) is 0 Å². The third kappa shape index (κ3) is 10.0. The Balaban J connectivity index is 0.00000480. The predicted octanol–water partition coefficient (Wildman–Crippen LogP) is 2.92. The summed E-state index contributed by atoms with van der Waals surface area (Å²) >= 11 is 0. The lowest BCUT2D eigenvalue weighted by Crippen LogP contribution is -2.49. The summed E-state index contributed by atoms with van der Waals surface area (Å²) < 4.78 is 25.7. The fraction of sp³-hybridized carbons (Fsp3) is 0.682. The number of likely N-dealkylation sites (tertiary alicyclic amines) is 1. The molecule has 0 saturated carbocycles. The van der Waals surface area contributed by atoms with Crippen LogP contribution in [-0.2, 0) is 22.3 Å². The predicted molar refractivity (Wildman–Crippen MR) is 140 cm³/mol. The molecular formula is C22H40IN5O2S. The van der Waals surface area contributed by atoms with Gasteiger partial charge in [0.15, 0.2) is 5.96 Å². The topological polar surface area (TPSA) is 85.8 Å². The van der Waals surface area contributed by atoms with Crippen molar-refractivity contribution < 1.29 is 8.42 Å². The zero-order chi connectivity index (χ0) is 22.0. The third-order valence-corrected chi connectivity index (χ3v) is 7.07. The van der Waals surface area contributed by atoms with E-state index in [1.807, 2.05) is 24.3 Å². The summed E-state index contributed by atoms with van der Waals surface area (Å²) in [5.74, 6) is 1.36. The smallest absolute Gasteiger partial charge is 0.215 e. The van der Waals surface area contributed by atoms with Gasteiger partial charge in [-0.2, -0.15) is 0 Å². The van der Waals surface area contributed by atoms with Gasteiger partial charge in [0.25, 0.3) is 0 Å². The van der Waals surface area contributed by atoms with Gasteiger partial charge >= 0.3 is 0 Å². The highest BCUT2D eigenvalue weighted by molar-refractivity contribution is 14.0. The van der Waals surface area contributed by atoms with Gasteiger partial charge in [0.1, 0.15) is 0 Å². The van der Waals surface area contributed by atoms with Crippen molar-refractivity contribution in [3.63, 3.8) is 0 Å². The second-order valence-electron chi connectivity index (χ2n) is 8.35. The zero-order valence-corrected chi connectivity index (χ0v) is 22.5. The number of aliphatic imine (C=N–C) groups is 1. The molecule has 0 bridgehead atoms. The Morgan fingerprint density at radius 1 is 1.03 bits per heavy atom. The summed E-state index contributed by atoms with van der Waals surface area (Å²) in [6.07, 6.45) is 5.28. The van der Waals surface area contributed by atoms with Gasteiger partial charge in [-0.25, -0.2) is 13.1 Å². The van der Waals surface area contributed by atoms with Crippen LogP contribution in [0, 0.1) is 5.92 Å². The molecule has 1 aromatic carbocycles. The minimum absolute atomic E-state index is 0. The SMILES string of the molecule is CN=C(NCc1ccc(CS(=O)(=O)NC)cc1)NCC(C(C)C)N1CCCCCC1.I. The first-order valence-corrected chi connectivity index (χ1v) is 12.7. The number of sulfonamides is 1. The number of nitrogens with one attached hydrogen (secondary N) is 3. The molecule has 0 aromatic heterocycles. The first-order valence-electron chi connectivity index (χ1n) is 11.0. The van der Waals surface area contributed by atoms with Crippen LogP contribution in [0.2, 0.25) is 0 Å². The monoisotopic (exact) mass is 565 g/mol. The van der Waals surface area contributed by atoms with E-state index in [0.717, 1.165) is 23.6 Å². The quantitative estimate of drug-likeness (QED) is 0.244. The normalized spacial score (nSPS) is 17.0.